The Kier molecular flexibility index (Phi) is 4.95. The molecule has 0 saturated carbocycles. The number of ether oxygens (including phenoxy) is 1. The molecule has 3 rings (SSSR count). The average molecular weight is 385 g/mol. The molecule has 2 saturated heterocycles. The fraction of sp³-hybridized carbons (Fsp3) is 0.650. The van der Waals surface area contributed by atoms with Gasteiger partial charge < -0.3 is 14.7 Å². The molecule has 2 atom stereocenters. The number of carbonyl (C=O) groups excluding carboxylic acids is 1. The second-order valence-electron chi connectivity index (χ2n) is 8.78. The molecule has 0 aliphatic carbocycles. The number of benzene rings is 1. The molecule has 0 spiro atoms. The van der Waals surface area contributed by atoms with Crippen molar-refractivity contribution in [1.82, 2.24) is 4.90 Å². The monoisotopic (exact) mass is 385 g/mol. The first kappa shape index (κ1) is 20.0. The van der Waals surface area contributed by atoms with Crippen LogP contribution in [-0.4, -0.2) is 39.4 Å². The Morgan fingerprint density at radius 2 is 1.81 bits per heavy atom. The lowest BCUT2D eigenvalue weighted by molar-refractivity contribution is -0.137. The molecule has 2 fully saturated rings. The van der Waals surface area contributed by atoms with Gasteiger partial charge in [-0.15, -0.1) is 0 Å². The van der Waals surface area contributed by atoms with Crippen molar-refractivity contribution in [2.24, 2.45) is 0 Å². The number of carbonyl (C=O) groups is 1. The average Bonchev–Trinajstić information content (AvgIpc) is 2.78. The Morgan fingerprint density at radius 3 is 2.33 bits per heavy atom. The molecule has 1 amide bonds. The number of nitrogens with zero attached hydrogens (tertiary/aromatic N) is 1. The van der Waals surface area contributed by atoms with Gasteiger partial charge in [-0.1, -0.05) is 18.2 Å². The quantitative estimate of drug-likeness (QED) is 0.813. The van der Waals surface area contributed by atoms with Gasteiger partial charge in [0.25, 0.3) is 0 Å². The van der Waals surface area contributed by atoms with Crippen LogP contribution in [0.15, 0.2) is 24.3 Å². The standard InChI is InChI=1S/C20H26F3NO3/c1-18(2,3)27-17(25)24-15-7-8-16(24)12-19(26,11-15)10-13-5-4-6-14(9-13)20(21,22)23/h4-6,9,15-16,26H,7-8,10-12H2,1-3H3. The van der Waals surface area contributed by atoms with Crippen molar-refractivity contribution in [3.05, 3.63) is 35.4 Å². The first-order chi connectivity index (χ1) is 12.4. The molecule has 1 aromatic rings. The first-order valence-corrected chi connectivity index (χ1v) is 9.26. The predicted molar refractivity (Wildman–Crippen MR) is 94.2 cm³/mol. The van der Waals surface area contributed by atoms with Crippen molar-refractivity contribution in [3.8, 4) is 0 Å². The number of hydrogen-bond donors (Lipinski definition) is 1. The van der Waals surface area contributed by atoms with E-state index >= 15 is 0 Å². The van der Waals surface area contributed by atoms with Crippen LogP contribution in [0.4, 0.5) is 18.0 Å². The number of alkyl halides is 3. The lowest BCUT2D eigenvalue weighted by atomic mass is 9.81. The molecule has 150 valence electrons. The van der Waals surface area contributed by atoms with E-state index < -0.39 is 22.9 Å². The second-order valence-corrected chi connectivity index (χ2v) is 8.78. The maximum absolute atomic E-state index is 12.9. The third-order valence-corrected chi connectivity index (χ3v) is 5.24. The van der Waals surface area contributed by atoms with Crippen LogP contribution in [0.2, 0.25) is 0 Å². The van der Waals surface area contributed by atoms with E-state index in [1.807, 2.05) is 0 Å². The van der Waals surface area contributed by atoms with Gasteiger partial charge in [0.1, 0.15) is 5.60 Å². The summed E-state index contributed by atoms with van der Waals surface area (Å²) in [4.78, 5) is 14.2. The first-order valence-electron chi connectivity index (χ1n) is 9.26. The van der Waals surface area contributed by atoms with Crippen LogP contribution in [0, 0.1) is 0 Å². The minimum atomic E-state index is -4.41. The molecule has 2 aliphatic heterocycles. The number of halogens is 3. The van der Waals surface area contributed by atoms with Crippen molar-refractivity contribution in [1.29, 1.82) is 0 Å². The molecule has 1 N–H and O–H groups in total. The molecular weight excluding hydrogens is 359 g/mol. The van der Waals surface area contributed by atoms with Crippen LogP contribution >= 0.6 is 0 Å². The molecule has 2 heterocycles. The highest BCUT2D eigenvalue weighted by atomic mass is 19.4. The summed E-state index contributed by atoms with van der Waals surface area (Å²) in [5, 5.41) is 11.1. The molecule has 0 radical (unpaired) electrons. The van der Waals surface area contributed by atoms with Crippen molar-refractivity contribution >= 4 is 6.09 Å². The highest BCUT2D eigenvalue weighted by Crippen LogP contribution is 2.43. The number of fused-ring (bicyclic) bond motifs is 2. The molecule has 4 nitrogen and oxygen atoms in total. The second kappa shape index (κ2) is 6.69. The van der Waals surface area contributed by atoms with Gasteiger partial charge >= 0.3 is 12.3 Å². The van der Waals surface area contributed by atoms with Gasteiger partial charge in [-0.05, 0) is 58.1 Å². The zero-order valence-corrected chi connectivity index (χ0v) is 15.8. The van der Waals surface area contributed by atoms with E-state index in [9.17, 15) is 23.1 Å². The van der Waals surface area contributed by atoms with Gasteiger partial charge in [0.2, 0.25) is 0 Å². The summed E-state index contributed by atoms with van der Waals surface area (Å²) in [7, 11) is 0. The third kappa shape index (κ3) is 4.57. The highest BCUT2D eigenvalue weighted by Gasteiger charge is 2.50. The van der Waals surface area contributed by atoms with Gasteiger partial charge in [0, 0.05) is 18.5 Å². The molecule has 1 aromatic carbocycles. The van der Waals surface area contributed by atoms with E-state index in [-0.39, 0.29) is 24.6 Å². The van der Waals surface area contributed by atoms with Crippen LogP contribution in [0.5, 0.6) is 0 Å². The zero-order chi connectivity index (χ0) is 20.0. The van der Waals surface area contributed by atoms with E-state index in [4.69, 9.17) is 4.74 Å². The summed E-state index contributed by atoms with van der Waals surface area (Å²) in [5.74, 6) is 0. The van der Waals surface area contributed by atoms with Gasteiger partial charge in [0.05, 0.1) is 11.2 Å². The molecule has 2 aliphatic rings. The summed E-state index contributed by atoms with van der Waals surface area (Å²) < 4.78 is 44.3. The van der Waals surface area contributed by atoms with Crippen molar-refractivity contribution in [3.63, 3.8) is 0 Å². The number of aliphatic hydroxyl groups is 1. The maximum Gasteiger partial charge on any atom is 0.416 e. The van der Waals surface area contributed by atoms with E-state index in [1.54, 1.807) is 31.7 Å². The van der Waals surface area contributed by atoms with Gasteiger partial charge in [-0.3, -0.25) is 0 Å². The number of amides is 1. The van der Waals surface area contributed by atoms with Crippen molar-refractivity contribution in [2.75, 3.05) is 0 Å². The predicted octanol–water partition coefficient (Wildman–Crippen LogP) is 4.54. The fourth-order valence-electron chi connectivity index (χ4n) is 4.32. The summed E-state index contributed by atoms with van der Waals surface area (Å²) in [6.45, 7) is 5.42. The van der Waals surface area contributed by atoms with Gasteiger partial charge in [-0.2, -0.15) is 13.2 Å². The smallest absolute Gasteiger partial charge is 0.416 e. The topological polar surface area (TPSA) is 49.8 Å². The van der Waals surface area contributed by atoms with Crippen LogP contribution in [-0.2, 0) is 17.3 Å². The van der Waals surface area contributed by atoms with Gasteiger partial charge in [-0.25, -0.2) is 4.79 Å². The van der Waals surface area contributed by atoms with E-state index in [0.717, 1.165) is 25.0 Å². The van der Waals surface area contributed by atoms with Crippen LogP contribution in [0.1, 0.15) is 57.6 Å². The Hall–Kier alpha value is -1.76. The molecule has 27 heavy (non-hydrogen) atoms. The molecule has 7 heteroatoms. The fourth-order valence-corrected chi connectivity index (χ4v) is 4.32. The zero-order valence-electron chi connectivity index (χ0n) is 15.8. The Labute approximate surface area is 157 Å². The Bertz CT molecular complexity index is 697. The summed E-state index contributed by atoms with van der Waals surface area (Å²) in [6.07, 6.45) is -2.40. The molecule has 2 bridgehead atoms. The summed E-state index contributed by atoms with van der Waals surface area (Å²) in [6, 6.07) is 4.81. The Balaban J connectivity index is 1.73. The van der Waals surface area contributed by atoms with Crippen LogP contribution in [0.25, 0.3) is 0 Å². The molecule has 0 aromatic heterocycles. The number of hydrogen-bond acceptors (Lipinski definition) is 3. The van der Waals surface area contributed by atoms with Gasteiger partial charge in [0.15, 0.2) is 0 Å². The van der Waals surface area contributed by atoms with Crippen molar-refractivity contribution in [2.45, 2.75) is 82.3 Å². The van der Waals surface area contributed by atoms with E-state index in [1.165, 1.54) is 6.07 Å². The lowest BCUT2D eigenvalue weighted by Crippen LogP contribution is -2.54. The largest absolute Gasteiger partial charge is 0.444 e. The SMILES string of the molecule is CC(C)(C)OC(=O)N1C2CCC1CC(O)(Cc1cccc(C(F)(F)F)c1)C2. The maximum atomic E-state index is 12.9. The lowest BCUT2D eigenvalue weighted by Gasteiger charge is -2.44. The third-order valence-electron chi connectivity index (χ3n) is 5.24. The highest BCUT2D eigenvalue weighted by molar-refractivity contribution is 5.69. The minimum absolute atomic E-state index is 0.144. The number of piperidine rings is 1. The van der Waals surface area contributed by atoms with E-state index in [0.29, 0.717) is 18.4 Å². The normalized spacial score (nSPS) is 28.3. The minimum Gasteiger partial charge on any atom is -0.444 e. The van der Waals surface area contributed by atoms with Crippen LogP contribution < -0.4 is 0 Å². The van der Waals surface area contributed by atoms with E-state index in [2.05, 4.69) is 0 Å². The molecular formula is C20H26F3NO3. The summed E-state index contributed by atoms with van der Waals surface area (Å²) >= 11 is 0. The van der Waals surface area contributed by atoms with Crippen LogP contribution in [0.3, 0.4) is 0 Å². The number of rotatable bonds is 2. The Morgan fingerprint density at radius 1 is 1.22 bits per heavy atom. The van der Waals surface area contributed by atoms with Crippen molar-refractivity contribution < 1.29 is 27.8 Å². The molecule has 2 unspecified atom stereocenters. The summed E-state index contributed by atoms with van der Waals surface area (Å²) in [5.41, 5.74) is -1.97.